The van der Waals surface area contributed by atoms with E-state index < -0.39 is 57.8 Å². The highest BCUT2D eigenvalue weighted by atomic mass is 31.2. The molecule has 0 spiro atoms. The van der Waals surface area contributed by atoms with Gasteiger partial charge in [-0.3, -0.25) is 23.4 Å². The lowest BCUT2D eigenvalue weighted by atomic mass is 10.0. The molecule has 0 aliphatic rings. The van der Waals surface area contributed by atoms with E-state index in [4.69, 9.17) is 23.3 Å². The van der Waals surface area contributed by atoms with Crippen LogP contribution in [0.1, 0.15) is 290 Å². The first kappa shape index (κ1) is 73.2. The standard InChI is InChI=1S/C64H115O11P/c1-4-7-10-13-16-19-22-25-28-29-30-31-34-37-40-43-46-49-52-55-64(68)75-61(57-71-62(66)53-50-47-44-41-38-35-32-26-23-20-17-14-11-8-5-2)59-73-76(69,70)72-58-60(56-65)74-63(67)54-51-48-45-42-39-36-33-27-24-21-18-15-12-9-6-3/h7,10,16,19,25,28,30-31,37,40,60-61,65H,4-6,8-9,11-15,17-18,20-24,26-27,29,32-36,38-39,41-59H2,1-3H3,(H,69,70)/b10-7-,19-16-,28-25-,31-30-,40-37-. The summed E-state index contributed by atoms with van der Waals surface area (Å²) < 4.78 is 39.6. The highest BCUT2D eigenvalue weighted by Crippen LogP contribution is 2.43. The van der Waals surface area contributed by atoms with Crippen LogP contribution in [0, 0.1) is 0 Å². The number of carbonyl (C=O) groups excluding carboxylic acids is 3. The Morgan fingerprint density at radius 3 is 1.05 bits per heavy atom. The predicted octanol–water partition coefficient (Wildman–Crippen LogP) is 18.7. The van der Waals surface area contributed by atoms with E-state index in [1.807, 2.05) is 0 Å². The number of ether oxygens (including phenoxy) is 3. The summed E-state index contributed by atoms with van der Waals surface area (Å²) in [4.78, 5) is 48.7. The lowest BCUT2D eigenvalue weighted by Crippen LogP contribution is -2.30. The molecule has 0 fully saturated rings. The summed E-state index contributed by atoms with van der Waals surface area (Å²) in [5.41, 5.74) is 0. The van der Waals surface area contributed by atoms with Crippen molar-refractivity contribution in [2.24, 2.45) is 0 Å². The van der Waals surface area contributed by atoms with E-state index in [-0.39, 0.29) is 25.9 Å². The van der Waals surface area contributed by atoms with Crippen LogP contribution in [0.3, 0.4) is 0 Å². The Bertz CT molecular complexity index is 1510. The minimum absolute atomic E-state index is 0.130. The van der Waals surface area contributed by atoms with Crippen molar-refractivity contribution < 1.29 is 52.2 Å². The number of rotatable bonds is 58. The lowest BCUT2D eigenvalue weighted by molar-refractivity contribution is -0.161. The molecule has 0 aromatic carbocycles. The van der Waals surface area contributed by atoms with Crippen LogP contribution in [0.5, 0.6) is 0 Å². The molecule has 3 unspecified atom stereocenters. The number of hydrogen-bond acceptors (Lipinski definition) is 10. The normalized spacial score (nSPS) is 13.7. The van der Waals surface area contributed by atoms with E-state index in [1.54, 1.807) is 0 Å². The van der Waals surface area contributed by atoms with E-state index in [1.165, 1.54) is 141 Å². The largest absolute Gasteiger partial charge is 0.472 e. The molecule has 0 aromatic heterocycles. The zero-order chi connectivity index (χ0) is 55.5. The molecule has 442 valence electrons. The number of aliphatic hydroxyl groups excluding tert-OH is 1. The van der Waals surface area contributed by atoms with Crippen LogP contribution in [0.2, 0.25) is 0 Å². The summed E-state index contributed by atoms with van der Waals surface area (Å²) in [6.45, 7) is 4.55. The first-order valence-corrected chi connectivity index (χ1v) is 32.7. The highest BCUT2D eigenvalue weighted by molar-refractivity contribution is 7.47. The third kappa shape index (κ3) is 55.9. The number of allylic oxidation sites excluding steroid dienone is 10. The molecule has 0 heterocycles. The van der Waals surface area contributed by atoms with Gasteiger partial charge < -0.3 is 24.2 Å². The van der Waals surface area contributed by atoms with Crippen molar-refractivity contribution in [3.63, 3.8) is 0 Å². The Kier molecular flexibility index (Phi) is 56.2. The maximum Gasteiger partial charge on any atom is 0.472 e. The van der Waals surface area contributed by atoms with Gasteiger partial charge in [0.15, 0.2) is 6.10 Å². The molecule has 76 heavy (non-hydrogen) atoms. The molecule has 12 heteroatoms. The van der Waals surface area contributed by atoms with Gasteiger partial charge in [-0.15, -0.1) is 0 Å². The van der Waals surface area contributed by atoms with Gasteiger partial charge >= 0.3 is 25.7 Å². The number of phosphoric acid groups is 1. The maximum absolute atomic E-state index is 12.9. The second kappa shape index (κ2) is 58.3. The topological polar surface area (TPSA) is 155 Å². The third-order valence-corrected chi connectivity index (χ3v) is 14.4. The molecule has 0 bridgehead atoms. The summed E-state index contributed by atoms with van der Waals surface area (Å²) in [5, 5.41) is 9.84. The van der Waals surface area contributed by atoms with Gasteiger partial charge in [-0.1, -0.05) is 268 Å². The SMILES string of the molecule is CC/C=C\C/C=C\C/C=C\C/C=C\C/C=C\CCCCCC(=O)OC(COC(=O)CCCCCCCCCCCCCCCCC)COP(=O)(O)OCC(CO)OC(=O)CCCCCCCCCCCCCCCCC. The number of phosphoric ester groups is 1. The summed E-state index contributed by atoms with van der Waals surface area (Å²) in [5.74, 6) is -1.48. The molecule has 0 saturated heterocycles. The Labute approximate surface area is 465 Å². The highest BCUT2D eigenvalue weighted by Gasteiger charge is 2.28. The number of carbonyl (C=O) groups is 3. The fourth-order valence-electron chi connectivity index (χ4n) is 8.74. The van der Waals surface area contributed by atoms with Gasteiger partial charge in [0.1, 0.15) is 12.7 Å². The molecule has 11 nitrogen and oxygen atoms in total. The smallest absolute Gasteiger partial charge is 0.462 e. The van der Waals surface area contributed by atoms with Crippen LogP contribution in [-0.2, 0) is 42.2 Å². The molecule has 0 aliphatic heterocycles. The fourth-order valence-corrected chi connectivity index (χ4v) is 9.52. The molecule has 0 aliphatic carbocycles. The van der Waals surface area contributed by atoms with E-state index >= 15 is 0 Å². The van der Waals surface area contributed by atoms with Gasteiger partial charge in [0.25, 0.3) is 0 Å². The fraction of sp³-hybridized carbons (Fsp3) is 0.797. The molecule has 0 amide bonds. The summed E-state index contributed by atoms with van der Waals surface area (Å²) in [6, 6.07) is 0. The Morgan fingerprint density at radius 2 is 0.684 bits per heavy atom. The Balaban J connectivity index is 4.74. The van der Waals surface area contributed by atoms with Gasteiger partial charge in [0.2, 0.25) is 0 Å². The lowest BCUT2D eigenvalue weighted by Gasteiger charge is -2.21. The van der Waals surface area contributed by atoms with Crippen LogP contribution in [0.15, 0.2) is 60.8 Å². The molecule has 2 N–H and O–H groups in total. The van der Waals surface area contributed by atoms with Crippen molar-refractivity contribution in [3.05, 3.63) is 60.8 Å². The zero-order valence-corrected chi connectivity index (χ0v) is 49.9. The molecular weight excluding hydrogens is 976 g/mol. The second-order valence-corrected chi connectivity index (χ2v) is 22.3. The second-order valence-electron chi connectivity index (χ2n) is 20.9. The number of unbranched alkanes of at least 4 members (excludes halogenated alkanes) is 31. The van der Waals surface area contributed by atoms with Gasteiger partial charge in [-0.2, -0.15) is 0 Å². The number of esters is 3. The first-order chi connectivity index (χ1) is 37.2. The Morgan fingerprint density at radius 1 is 0.382 bits per heavy atom. The van der Waals surface area contributed by atoms with Crippen molar-refractivity contribution in [1.29, 1.82) is 0 Å². The quantitative estimate of drug-likeness (QED) is 0.0197. The van der Waals surface area contributed by atoms with Crippen LogP contribution >= 0.6 is 7.82 Å². The zero-order valence-electron chi connectivity index (χ0n) is 49.0. The van der Waals surface area contributed by atoms with E-state index in [0.29, 0.717) is 19.3 Å². The number of aliphatic hydroxyl groups is 1. The van der Waals surface area contributed by atoms with Crippen LogP contribution in [0.25, 0.3) is 0 Å². The van der Waals surface area contributed by atoms with Crippen LogP contribution in [0.4, 0.5) is 0 Å². The molecule has 0 saturated carbocycles. The van der Waals surface area contributed by atoms with E-state index in [2.05, 4.69) is 81.5 Å². The predicted molar refractivity (Wildman–Crippen MR) is 316 cm³/mol. The van der Waals surface area contributed by atoms with Crippen molar-refractivity contribution in [2.45, 2.75) is 303 Å². The van der Waals surface area contributed by atoms with Crippen molar-refractivity contribution in [3.8, 4) is 0 Å². The van der Waals surface area contributed by atoms with Crippen molar-refractivity contribution in [2.75, 3.05) is 26.4 Å². The summed E-state index contributed by atoms with van der Waals surface area (Å²) in [7, 11) is -4.76. The average molecular weight is 1090 g/mol. The number of hydrogen-bond donors (Lipinski definition) is 2. The molecule has 0 aromatic rings. The Hall–Kier alpha value is -2.82. The van der Waals surface area contributed by atoms with Crippen LogP contribution < -0.4 is 0 Å². The van der Waals surface area contributed by atoms with Gasteiger partial charge in [-0.25, -0.2) is 4.57 Å². The summed E-state index contributed by atoms with van der Waals surface area (Å²) >= 11 is 0. The monoisotopic (exact) mass is 1090 g/mol. The van der Waals surface area contributed by atoms with Gasteiger partial charge in [-0.05, 0) is 64.2 Å². The molecule has 0 radical (unpaired) electrons. The van der Waals surface area contributed by atoms with Crippen molar-refractivity contribution >= 4 is 25.7 Å². The third-order valence-electron chi connectivity index (χ3n) is 13.5. The summed E-state index contributed by atoms with van der Waals surface area (Å²) in [6.07, 6.45) is 64.6. The minimum Gasteiger partial charge on any atom is -0.462 e. The molecule has 0 rings (SSSR count). The van der Waals surface area contributed by atoms with Gasteiger partial charge in [0.05, 0.1) is 19.8 Å². The van der Waals surface area contributed by atoms with Crippen molar-refractivity contribution in [1.82, 2.24) is 0 Å². The van der Waals surface area contributed by atoms with Crippen LogP contribution in [-0.4, -0.2) is 66.5 Å². The average Bonchev–Trinajstić information content (AvgIpc) is 3.41. The van der Waals surface area contributed by atoms with E-state index in [9.17, 15) is 28.9 Å². The minimum atomic E-state index is -4.76. The van der Waals surface area contributed by atoms with E-state index in [0.717, 1.165) is 89.9 Å². The van der Waals surface area contributed by atoms with Gasteiger partial charge in [0, 0.05) is 19.3 Å². The maximum atomic E-state index is 12.9. The molecular formula is C64H115O11P. The molecule has 3 atom stereocenters. The first-order valence-electron chi connectivity index (χ1n) is 31.2.